The van der Waals surface area contributed by atoms with E-state index in [2.05, 4.69) is 5.32 Å². The van der Waals surface area contributed by atoms with Crippen LogP contribution in [-0.2, 0) is 4.79 Å². The fraction of sp³-hybridized carbons (Fsp3) is 0.385. The molecule has 0 aliphatic rings. The second-order valence-electron chi connectivity index (χ2n) is 5.13. The summed E-state index contributed by atoms with van der Waals surface area (Å²) in [6.07, 6.45) is 0. The molecule has 96 valence electrons. The van der Waals surface area contributed by atoms with E-state index in [9.17, 15) is 9.18 Å². The number of carbonyl (C=O) groups excluding carboxylic acids is 1. The standard InChI is InChI=1S/C13H16FN3O/c1-13(2,3)11(16)12(18)17-10-5-4-9(14)6-8(10)7-15/h4-6,11H,16H2,1-3H3,(H,17,18). The van der Waals surface area contributed by atoms with Crippen LogP contribution >= 0.6 is 0 Å². The molecule has 0 aromatic heterocycles. The maximum atomic E-state index is 12.9. The monoisotopic (exact) mass is 249 g/mol. The molecule has 18 heavy (non-hydrogen) atoms. The van der Waals surface area contributed by atoms with Crippen LogP contribution in [0.25, 0.3) is 0 Å². The van der Waals surface area contributed by atoms with E-state index >= 15 is 0 Å². The summed E-state index contributed by atoms with van der Waals surface area (Å²) in [4.78, 5) is 11.9. The van der Waals surface area contributed by atoms with Gasteiger partial charge < -0.3 is 11.1 Å². The number of amides is 1. The number of hydrogen-bond acceptors (Lipinski definition) is 3. The quantitative estimate of drug-likeness (QED) is 0.841. The molecule has 0 saturated heterocycles. The number of hydrogen-bond donors (Lipinski definition) is 2. The topological polar surface area (TPSA) is 78.9 Å². The van der Waals surface area contributed by atoms with Crippen molar-refractivity contribution < 1.29 is 9.18 Å². The first-order valence-electron chi connectivity index (χ1n) is 5.52. The van der Waals surface area contributed by atoms with E-state index in [-0.39, 0.29) is 11.3 Å². The summed E-state index contributed by atoms with van der Waals surface area (Å²) in [7, 11) is 0. The summed E-state index contributed by atoms with van der Waals surface area (Å²) < 4.78 is 12.9. The maximum absolute atomic E-state index is 12.9. The number of benzene rings is 1. The number of anilines is 1. The second kappa shape index (κ2) is 5.15. The smallest absolute Gasteiger partial charge is 0.241 e. The third kappa shape index (κ3) is 3.28. The van der Waals surface area contributed by atoms with Crippen LogP contribution in [0.4, 0.5) is 10.1 Å². The Bertz CT molecular complexity index is 500. The Morgan fingerprint density at radius 1 is 1.50 bits per heavy atom. The van der Waals surface area contributed by atoms with Gasteiger partial charge in [0.15, 0.2) is 0 Å². The van der Waals surface area contributed by atoms with Gasteiger partial charge in [0, 0.05) is 0 Å². The van der Waals surface area contributed by atoms with Crippen molar-refractivity contribution >= 4 is 11.6 Å². The van der Waals surface area contributed by atoms with E-state index in [1.54, 1.807) is 0 Å². The highest BCUT2D eigenvalue weighted by Gasteiger charge is 2.27. The summed E-state index contributed by atoms with van der Waals surface area (Å²) >= 11 is 0. The van der Waals surface area contributed by atoms with Crippen molar-refractivity contribution in [1.82, 2.24) is 0 Å². The minimum atomic E-state index is -0.714. The third-order valence-corrected chi connectivity index (χ3v) is 2.58. The van der Waals surface area contributed by atoms with Gasteiger partial charge in [0.25, 0.3) is 0 Å². The van der Waals surface area contributed by atoms with Gasteiger partial charge in [-0.1, -0.05) is 20.8 Å². The number of nitriles is 1. The SMILES string of the molecule is CC(C)(C)C(N)C(=O)Nc1ccc(F)cc1C#N. The molecule has 3 N–H and O–H groups in total. The molecule has 1 amide bonds. The van der Waals surface area contributed by atoms with Crippen molar-refractivity contribution in [3.8, 4) is 6.07 Å². The Morgan fingerprint density at radius 3 is 2.61 bits per heavy atom. The van der Waals surface area contributed by atoms with Gasteiger partial charge in [0.05, 0.1) is 17.3 Å². The summed E-state index contributed by atoms with van der Waals surface area (Å²) in [5, 5.41) is 11.4. The van der Waals surface area contributed by atoms with Crippen LogP contribution in [0.2, 0.25) is 0 Å². The predicted molar refractivity (Wildman–Crippen MR) is 67.2 cm³/mol. The molecule has 0 aliphatic heterocycles. The Hall–Kier alpha value is -1.93. The lowest BCUT2D eigenvalue weighted by Gasteiger charge is -2.25. The van der Waals surface area contributed by atoms with Crippen molar-refractivity contribution in [2.24, 2.45) is 11.1 Å². The molecule has 5 heteroatoms. The molecule has 0 radical (unpaired) electrons. The molecule has 1 aromatic carbocycles. The third-order valence-electron chi connectivity index (χ3n) is 2.58. The lowest BCUT2D eigenvalue weighted by molar-refractivity contribution is -0.119. The van der Waals surface area contributed by atoms with Gasteiger partial charge in [-0.25, -0.2) is 4.39 Å². The van der Waals surface area contributed by atoms with Gasteiger partial charge in [-0.15, -0.1) is 0 Å². The number of rotatable bonds is 2. The van der Waals surface area contributed by atoms with E-state index in [1.807, 2.05) is 26.8 Å². The molecule has 1 rings (SSSR count). The summed E-state index contributed by atoms with van der Waals surface area (Å²) in [6, 6.07) is 4.71. The summed E-state index contributed by atoms with van der Waals surface area (Å²) in [5.41, 5.74) is 5.74. The molecular formula is C13H16FN3O. The molecule has 0 aliphatic carbocycles. The minimum Gasteiger partial charge on any atom is -0.324 e. The first-order chi connectivity index (χ1) is 8.25. The molecule has 0 bridgehead atoms. The van der Waals surface area contributed by atoms with Crippen molar-refractivity contribution in [3.63, 3.8) is 0 Å². The highest BCUT2D eigenvalue weighted by Crippen LogP contribution is 2.21. The zero-order chi connectivity index (χ0) is 13.9. The minimum absolute atomic E-state index is 0.0736. The second-order valence-corrected chi connectivity index (χ2v) is 5.13. The van der Waals surface area contributed by atoms with Crippen LogP contribution in [0, 0.1) is 22.6 Å². The van der Waals surface area contributed by atoms with E-state index in [0.717, 1.165) is 6.07 Å². The van der Waals surface area contributed by atoms with Crippen molar-refractivity contribution in [1.29, 1.82) is 5.26 Å². The van der Waals surface area contributed by atoms with Gasteiger partial charge in [-0.3, -0.25) is 4.79 Å². The van der Waals surface area contributed by atoms with Crippen LogP contribution < -0.4 is 11.1 Å². The van der Waals surface area contributed by atoms with Gasteiger partial charge >= 0.3 is 0 Å². The fourth-order valence-electron chi connectivity index (χ4n) is 1.32. The van der Waals surface area contributed by atoms with E-state index in [4.69, 9.17) is 11.0 Å². The predicted octanol–water partition coefficient (Wildman–Crippen LogP) is 2.01. The number of halogens is 1. The zero-order valence-electron chi connectivity index (χ0n) is 10.6. The van der Waals surface area contributed by atoms with Crippen LogP contribution in [-0.4, -0.2) is 11.9 Å². The Labute approximate surface area is 106 Å². The number of carbonyl (C=O) groups is 1. The van der Waals surface area contributed by atoms with Gasteiger partial charge in [-0.05, 0) is 23.6 Å². The first-order valence-corrected chi connectivity index (χ1v) is 5.52. The fourth-order valence-corrected chi connectivity index (χ4v) is 1.32. The lowest BCUT2D eigenvalue weighted by atomic mass is 9.87. The largest absolute Gasteiger partial charge is 0.324 e. The average molecular weight is 249 g/mol. The molecule has 0 fully saturated rings. The van der Waals surface area contributed by atoms with Crippen molar-refractivity contribution in [2.45, 2.75) is 26.8 Å². The summed E-state index contributed by atoms with van der Waals surface area (Å²) in [6.45, 7) is 5.52. The Kier molecular flexibility index (Phi) is 4.04. The van der Waals surface area contributed by atoms with Crippen LogP contribution in [0.5, 0.6) is 0 Å². The van der Waals surface area contributed by atoms with Gasteiger partial charge in [0.1, 0.15) is 11.9 Å². The molecule has 4 nitrogen and oxygen atoms in total. The highest BCUT2D eigenvalue weighted by molar-refractivity contribution is 5.96. The Balaban J connectivity index is 2.93. The highest BCUT2D eigenvalue weighted by atomic mass is 19.1. The van der Waals surface area contributed by atoms with Crippen molar-refractivity contribution in [3.05, 3.63) is 29.6 Å². The number of nitrogens with one attached hydrogen (secondary N) is 1. The zero-order valence-corrected chi connectivity index (χ0v) is 10.6. The van der Waals surface area contributed by atoms with Gasteiger partial charge in [-0.2, -0.15) is 5.26 Å². The van der Waals surface area contributed by atoms with Gasteiger partial charge in [0.2, 0.25) is 5.91 Å². The van der Waals surface area contributed by atoms with E-state index in [0.29, 0.717) is 0 Å². The normalized spacial score (nSPS) is 12.7. The number of nitrogens with two attached hydrogens (primary N) is 1. The molecule has 1 unspecified atom stereocenters. The van der Waals surface area contributed by atoms with Crippen LogP contribution in [0.1, 0.15) is 26.3 Å². The molecule has 1 aromatic rings. The maximum Gasteiger partial charge on any atom is 0.241 e. The molecule has 1 atom stereocenters. The van der Waals surface area contributed by atoms with E-state index < -0.39 is 23.2 Å². The van der Waals surface area contributed by atoms with E-state index in [1.165, 1.54) is 12.1 Å². The molecule has 0 heterocycles. The Morgan fingerprint density at radius 2 is 2.11 bits per heavy atom. The van der Waals surface area contributed by atoms with Crippen molar-refractivity contribution in [2.75, 3.05) is 5.32 Å². The number of nitrogens with zero attached hydrogens (tertiary/aromatic N) is 1. The molecule has 0 spiro atoms. The molecular weight excluding hydrogens is 233 g/mol. The average Bonchev–Trinajstić information content (AvgIpc) is 2.29. The summed E-state index contributed by atoms with van der Waals surface area (Å²) in [5.74, 6) is -0.921. The lowest BCUT2D eigenvalue weighted by Crippen LogP contribution is -2.45. The first kappa shape index (κ1) is 14.1. The van der Waals surface area contributed by atoms with Crippen LogP contribution in [0.3, 0.4) is 0 Å². The van der Waals surface area contributed by atoms with Crippen LogP contribution in [0.15, 0.2) is 18.2 Å². The molecule has 0 saturated carbocycles.